The van der Waals surface area contributed by atoms with Crippen molar-refractivity contribution in [1.82, 2.24) is 0 Å². The Labute approximate surface area is 114 Å². The van der Waals surface area contributed by atoms with Crippen molar-refractivity contribution in [2.75, 3.05) is 6.54 Å². The number of hydrogen-bond acceptors (Lipinski definition) is 2. The molecule has 1 atom stereocenters. The van der Waals surface area contributed by atoms with Crippen LogP contribution in [-0.2, 0) is 11.2 Å². The third-order valence-electron chi connectivity index (χ3n) is 4.61. The Balaban J connectivity index is 2.34. The highest BCUT2D eigenvalue weighted by Gasteiger charge is 2.47. The van der Waals surface area contributed by atoms with Gasteiger partial charge in [0, 0.05) is 12.5 Å². The van der Waals surface area contributed by atoms with Crippen molar-refractivity contribution in [1.29, 1.82) is 0 Å². The molecule has 0 bridgehead atoms. The van der Waals surface area contributed by atoms with Crippen molar-refractivity contribution in [2.24, 2.45) is 11.1 Å². The molecule has 2 rings (SSSR count). The number of nitrogens with two attached hydrogens (primary N) is 1. The standard InChI is InChI=1S/C16H23NO2/c1-2-12-5-7-13(8-6-12)14(11-17)16(15(18)19)9-3-4-10-16/h5-8,14H,2-4,9-11,17H2,1H3,(H,18,19)/t14-/m1/s1. The Bertz CT molecular complexity index is 433. The van der Waals surface area contributed by atoms with Crippen LogP contribution in [0.1, 0.15) is 49.7 Å². The molecule has 3 nitrogen and oxygen atoms in total. The molecule has 104 valence electrons. The van der Waals surface area contributed by atoms with E-state index in [1.54, 1.807) is 0 Å². The monoisotopic (exact) mass is 261 g/mol. The fourth-order valence-electron chi connectivity index (χ4n) is 3.38. The van der Waals surface area contributed by atoms with Crippen LogP contribution in [-0.4, -0.2) is 17.6 Å². The van der Waals surface area contributed by atoms with E-state index in [0.29, 0.717) is 6.54 Å². The van der Waals surface area contributed by atoms with Gasteiger partial charge >= 0.3 is 5.97 Å². The smallest absolute Gasteiger partial charge is 0.310 e. The maximum Gasteiger partial charge on any atom is 0.310 e. The molecule has 1 fully saturated rings. The normalized spacial score (nSPS) is 19.3. The molecule has 0 unspecified atom stereocenters. The quantitative estimate of drug-likeness (QED) is 0.856. The summed E-state index contributed by atoms with van der Waals surface area (Å²) in [5, 5.41) is 9.67. The molecule has 0 spiro atoms. The first-order valence-electron chi connectivity index (χ1n) is 7.16. The highest BCUT2D eigenvalue weighted by molar-refractivity contribution is 5.76. The molecule has 0 heterocycles. The average Bonchev–Trinajstić information content (AvgIpc) is 2.91. The van der Waals surface area contributed by atoms with E-state index in [9.17, 15) is 9.90 Å². The number of rotatable bonds is 5. The summed E-state index contributed by atoms with van der Waals surface area (Å²) < 4.78 is 0. The van der Waals surface area contributed by atoms with Crippen LogP contribution in [0.2, 0.25) is 0 Å². The second-order valence-corrected chi connectivity index (χ2v) is 5.55. The third-order valence-corrected chi connectivity index (χ3v) is 4.61. The van der Waals surface area contributed by atoms with Crippen molar-refractivity contribution in [3.8, 4) is 0 Å². The third kappa shape index (κ3) is 2.52. The Kier molecular flexibility index (Phi) is 4.25. The van der Waals surface area contributed by atoms with Crippen molar-refractivity contribution < 1.29 is 9.90 Å². The zero-order valence-corrected chi connectivity index (χ0v) is 11.6. The fraction of sp³-hybridized carbons (Fsp3) is 0.562. The topological polar surface area (TPSA) is 63.3 Å². The summed E-state index contributed by atoms with van der Waals surface area (Å²) >= 11 is 0. The second kappa shape index (κ2) is 5.74. The minimum Gasteiger partial charge on any atom is -0.481 e. The van der Waals surface area contributed by atoms with Gasteiger partial charge in [0.15, 0.2) is 0 Å². The summed E-state index contributed by atoms with van der Waals surface area (Å²) in [6.45, 7) is 2.52. The van der Waals surface area contributed by atoms with Gasteiger partial charge in [-0.15, -0.1) is 0 Å². The van der Waals surface area contributed by atoms with E-state index in [2.05, 4.69) is 31.2 Å². The average molecular weight is 261 g/mol. The number of benzene rings is 1. The highest BCUT2D eigenvalue weighted by atomic mass is 16.4. The van der Waals surface area contributed by atoms with Gasteiger partial charge < -0.3 is 10.8 Å². The van der Waals surface area contributed by atoms with Gasteiger partial charge in [0.2, 0.25) is 0 Å². The number of carbonyl (C=O) groups is 1. The molecule has 1 aromatic carbocycles. The molecule has 1 aliphatic carbocycles. The summed E-state index contributed by atoms with van der Waals surface area (Å²) in [4.78, 5) is 11.8. The molecular weight excluding hydrogens is 238 g/mol. The van der Waals surface area contributed by atoms with Gasteiger partial charge in [-0.2, -0.15) is 0 Å². The maximum absolute atomic E-state index is 11.8. The molecule has 0 saturated heterocycles. The minimum atomic E-state index is -0.681. The van der Waals surface area contributed by atoms with E-state index >= 15 is 0 Å². The van der Waals surface area contributed by atoms with E-state index < -0.39 is 11.4 Å². The van der Waals surface area contributed by atoms with Crippen LogP contribution >= 0.6 is 0 Å². The first-order chi connectivity index (χ1) is 9.14. The number of carboxylic acid groups (broad SMARTS) is 1. The number of hydrogen-bond donors (Lipinski definition) is 2. The summed E-state index contributed by atoms with van der Waals surface area (Å²) in [5.74, 6) is -0.751. The van der Waals surface area contributed by atoms with Crippen LogP contribution in [0.3, 0.4) is 0 Å². The van der Waals surface area contributed by atoms with Gasteiger partial charge in [0.1, 0.15) is 0 Å². The van der Waals surface area contributed by atoms with Crippen molar-refractivity contribution in [3.63, 3.8) is 0 Å². The predicted octanol–water partition coefficient (Wildman–Crippen LogP) is 2.94. The molecule has 0 amide bonds. The van der Waals surface area contributed by atoms with E-state index in [4.69, 9.17) is 5.73 Å². The Morgan fingerprint density at radius 3 is 2.32 bits per heavy atom. The highest BCUT2D eigenvalue weighted by Crippen LogP contribution is 2.48. The molecule has 1 aliphatic rings. The minimum absolute atomic E-state index is 0.0709. The maximum atomic E-state index is 11.8. The van der Waals surface area contributed by atoms with Crippen LogP contribution in [0.15, 0.2) is 24.3 Å². The summed E-state index contributed by atoms with van der Waals surface area (Å²) in [7, 11) is 0. The largest absolute Gasteiger partial charge is 0.481 e. The number of aliphatic carboxylic acids is 1. The van der Waals surface area contributed by atoms with Gasteiger partial charge in [-0.3, -0.25) is 4.79 Å². The van der Waals surface area contributed by atoms with E-state index in [0.717, 1.165) is 37.7 Å². The first-order valence-corrected chi connectivity index (χ1v) is 7.16. The molecule has 3 heteroatoms. The van der Waals surface area contributed by atoms with Gasteiger partial charge in [-0.1, -0.05) is 44.0 Å². The van der Waals surface area contributed by atoms with E-state index in [-0.39, 0.29) is 5.92 Å². The van der Waals surface area contributed by atoms with E-state index in [1.807, 2.05) is 0 Å². The summed E-state index contributed by atoms with van der Waals surface area (Å²) in [6.07, 6.45) is 4.49. The lowest BCUT2D eigenvalue weighted by Crippen LogP contribution is -2.38. The lowest BCUT2D eigenvalue weighted by molar-refractivity contribution is -0.150. The lowest BCUT2D eigenvalue weighted by atomic mass is 9.70. The van der Waals surface area contributed by atoms with Crippen LogP contribution in [0.25, 0.3) is 0 Å². The van der Waals surface area contributed by atoms with Crippen LogP contribution < -0.4 is 5.73 Å². The molecule has 19 heavy (non-hydrogen) atoms. The molecule has 0 aromatic heterocycles. The van der Waals surface area contributed by atoms with Crippen LogP contribution in [0.4, 0.5) is 0 Å². The van der Waals surface area contributed by atoms with Crippen molar-refractivity contribution in [3.05, 3.63) is 35.4 Å². The summed E-state index contributed by atoms with van der Waals surface area (Å²) in [5.41, 5.74) is 7.61. The zero-order valence-electron chi connectivity index (χ0n) is 11.6. The van der Waals surface area contributed by atoms with Gasteiger partial charge in [0.25, 0.3) is 0 Å². The van der Waals surface area contributed by atoms with Crippen molar-refractivity contribution in [2.45, 2.75) is 44.9 Å². The molecular formula is C16H23NO2. The second-order valence-electron chi connectivity index (χ2n) is 5.55. The molecule has 0 aliphatic heterocycles. The van der Waals surface area contributed by atoms with Gasteiger partial charge in [-0.05, 0) is 30.4 Å². The Morgan fingerprint density at radius 2 is 1.89 bits per heavy atom. The number of aryl methyl sites for hydroxylation is 1. The van der Waals surface area contributed by atoms with Crippen LogP contribution in [0.5, 0.6) is 0 Å². The molecule has 1 saturated carbocycles. The van der Waals surface area contributed by atoms with Gasteiger partial charge in [0.05, 0.1) is 5.41 Å². The molecule has 0 radical (unpaired) electrons. The van der Waals surface area contributed by atoms with E-state index in [1.165, 1.54) is 5.56 Å². The molecule has 3 N–H and O–H groups in total. The number of carboxylic acids is 1. The molecule has 1 aromatic rings. The lowest BCUT2D eigenvalue weighted by Gasteiger charge is -2.33. The zero-order chi connectivity index (χ0) is 13.9. The summed E-state index contributed by atoms with van der Waals surface area (Å²) in [6, 6.07) is 8.28. The van der Waals surface area contributed by atoms with Crippen molar-refractivity contribution >= 4 is 5.97 Å². The first kappa shape index (κ1) is 14.1. The Hall–Kier alpha value is -1.35. The van der Waals surface area contributed by atoms with Crippen LogP contribution in [0, 0.1) is 5.41 Å². The Morgan fingerprint density at radius 1 is 1.32 bits per heavy atom. The fourth-order valence-corrected chi connectivity index (χ4v) is 3.38. The van der Waals surface area contributed by atoms with Gasteiger partial charge in [-0.25, -0.2) is 0 Å². The predicted molar refractivity (Wildman–Crippen MR) is 76.2 cm³/mol. The SMILES string of the molecule is CCc1ccc([C@@H](CN)C2(C(=O)O)CCCC2)cc1.